The number of hydrogen-bond donors (Lipinski definition) is 1. The summed E-state index contributed by atoms with van der Waals surface area (Å²) in [4.78, 5) is 14.9. The average molecular weight is 420 g/mol. The molecule has 0 spiro atoms. The summed E-state index contributed by atoms with van der Waals surface area (Å²) in [6, 6.07) is 5.88. The molecule has 0 aromatic heterocycles. The first-order valence-electron chi connectivity index (χ1n) is 11.1. The quantitative estimate of drug-likeness (QED) is 0.794. The molecule has 0 radical (unpaired) electrons. The van der Waals surface area contributed by atoms with Gasteiger partial charge in [0.1, 0.15) is 0 Å². The van der Waals surface area contributed by atoms with E-state index in [0.29, 0.717) is 43.5 Å². The number of carbonyl (C=O) groups excluding carboxylic acids is 1. The summed E-state index contributed by atoms with van der Waals surface area (Å²) in [6.07, 6.45) is 7.84. The highest BCUT2D eigenvalue weighted by Gasteiger charge is 2.30. The second-order valence-electron chi connectivity index (χ2n) is 8.90. The lowest BCUT2D eigenvalue weighted by molar-refractivity contribution is -0.123. The summed E-state index contributed by atoms with van der Waals surface area (Å²) in [6.45, 7) is 4.64. The molecule has 2 aliphatic carbocycles. The minimum Gasteiger partial charge on any atom is -0.352 e. The molecule has 1 aliphatic heterocycles. The van der Waals surface area contributed by atoms with Gasteiger partial charge in [-0.1, -0.05) is 25.8 Å². The average Bonchev–Trinajstić information content (AvgIpc) is 3.18. The smallest absolute Gasteiger partial charge is 0.243 e. The van der Waals surface area contributed by atoms with Gasteiger partial charge >= 0.3 is 0 Å². The fourth-order valence-corrected chi connectivity index (χ4v) is 6.45. The third kappa shape index (κ3) is 4.67. The lowest BCUT2D eigenvalue weighted by atomic mass is 9.86. The van der Waals surface area contributed by atoms with Crippen LogP contribution >= 0.6 is 0 Å². The van der Waals surface area contributed by atoms with Gasteiger partial charge in [-0.05, 0) is 61.3 Å². The zero-order chi connectivity index (χ0) is 20.4. The second-order valence-corrected chi connectivity index (χ2v) is 10.8. The van der Waals surface area contributed by atoms with E-state index in [1.54, 1.807) is 10.4 Å². The molecule has 29 heavy (non-hydrogen) atoms. The van der Waals surface area contributed by atoms with E-state index in [1.807, 2.05) is 12.1 Å². The van der Waals surface area contributed by atoms with Gasteiger partial charge in [0.25, 0.3) is 0 Å². The topological polar surface area (TPSA) is 69.7 Å². The molecule has 160 valence electrons. The maximum absolute atomic E-state index is 13.0. The van der Waals surface area contributed by atoms with Crippen molar-refractivity contribution in [2.75, 3.05) is 32.7 Å². The number of carbonyl (C=O) groups is 1. The van der Waals surface area contributed by atoms with Crippen LogP contribution in [0.25, 0.3) is 0 Å². The number of rotatable bonds is 5. The van der Waals surface area contributed by atoms with Crippen LogP contribution < -0.4 is 5.32 Å². The number of nitrogens with zero attached hydrogens (tertiary/aromatic N) is 2. The minimum atomic E-state index is -3.46. The SMILES string of the molecule is C[C@@H]1CCCC[C@H]1NC(=O)CN1CCN(S(=O)(=O)c2ccc3c(c2)CCC3)CC1. The monoisotopic (exact) mass is 419 g/mol. The summed E-state index contributed by atoms with van der Waals surface area (Å²) in [5, 5.41) is 3.19. The van der Waals surface area contributed by atoms with E-state index < -0.39 is 10.0 Å². The molecule has 7 heteroatoms. The third-order valence-electron chi connectivity index (χ3n) is 6.86. The Morgan fingerprint density at radius 2 is 1.76 bits per heavy atom. The van der Waals surface area contributed by atoms with Crippen molar-refractivity contribution in [3.05, 3.63) is 29.3 Å². The van der Waals surface area contributed by atoms with Crippen LogP contribution in [0.2, 0.25) is 0 Å². The number of aryl methyl sites for hydroxylation is 2. The van der Waals surface area contributed by atoms with E-state index in [2.05, 4.69) is 17.1 Å². The summed E-state index contributed by atoms with van der Waals surface area (Å²) in [5.74, 6) is 0.612. The van der Waals surface area contributed by atoms with Gasteiger partial charge in [-0.25, -0.2) is 8.42 Å². The number of piperazine rings is 1. The molecule has 2 fully saturated rings. The Hall–Kier alpha value is -1.44. The van der Waals surface area contributed by atoms with Crippen LogP contribution in [0.5, 0.6) is 0 Å². The molecule has 4 rings (SSSR count). The van der Waals surface area contributed by atoms with Crippen LogP contribution in [0.3, 0.4) is 0 Å². The van der Waals surface area contributed by atoms with E-state index in [1.165, 1.54) is 30.4 Å². The van der Waals surface area contributed by atoms with Crippen molar-refractivity contribution in [3.63, 3.8) is 0 Å². The first kappa shape index (κ1) is 20.8. The number of fused-ring (bicyclic) bond motifs is 1. The zero-order valence-corrected chi connectivity index (χ0v) is 18.2. The Bertz CT molecular complexity index is 847. The molecule has 0 bridgehead atoms. The zero-order valence-electron chi connectivity index (χ0n) is 17.4. The predicted molar refractivity (Wildman–Crippen MR) is 113 cm³/mol. The normalized spacial score (nSPS) is 26.2. The van der Waals surface area contributed by atoms with Crippen molar-refractivity contribution in [3.8, 4) is 0 Å². The van der Waals surface area contributed by atoms with Crippen LogP contribution in [0.4, 0.5) is 0 Å². The number of hydrogen-bond acceptors (Lipinski definition) is 4. The molecule has 1 saturated heterocycles. The van der Waals surface area contributed by atoms with Gasteiger partial charge in [0.15, 0.2) is 0 Å². The van der Waals surface area contributed by atoms with Crippen LogP contribution in [0, 0.1) is 5.92 Å². The molecule has 1 aromatic carbocycles. The van der Waals surface area contributed by atoms with E-state index in [-0.39, 0.29) is 11.9 Å². The molecule has 1 amide bonds. The Morgan fingerprint density at radius 3 is 2.52 bits per heavy atom. The number of nitrogens with one attached hydrogen (secondary N) is 1. The molecule has 1 N–H and O–H groups in total. The van der Waals surface area contributed by atoms with Crippen molar-refractivity contribution in [2.24, 2.45) is 5.92 Å². The van der Waals surface area contributed by atoms with Gasteiger partial charge in [-0.15, -0.1) is 0 Å². The molecule has 6 nitrogen and oxygen atoms in total. The van der Waals surface area contributed by atoms with Gasteiger partial charge in [-0.3, -0.25) is 9.69 Å². The molecule has 1 saturated carbocycles. The molecule has 0 unspecified atom stereocenters. The van der Waals surface area contributed by atoms with Crippen molar-refractivity contribution in [2.45, 2.75) is 62.8 Å². The number of sulfonamides is 1. The van der Waals surface area contributed by atoms with Crippen molar-refractivity contribution in [1.82, 2.24) is 14.5 Å². The highest BCUT2D eigenvalue weighted by Crippen LogP contribution is 2.27. The van der Waals surface area contributed by atoms with Gasteiger partial charge in [0.2, 0.25) is 15.9 Å². The van der Waals surface area contributed by atoms with Crippen LogP contribution in [0.15, 0.2) is 23.1 Å². The van der Waals surface area contributed by atoms with Gasteiger partial charge < -0.3 is 5.32 Å². The minimum absolute atomic E-state index is 0.0682. The van der Waals surface area contributed by atoms with Crippen molar-refractivity contribution < 1.29 is 13.2 Å². The Balaban J connectivity index is 1.30. The first-order chi connectivity index (χ1) is 13.9. The molecular weight excluding hydrogens is 386 g/mol. The van der Waals surface area contributed by atoms with Crippen LogP contribution in [-0.2, 0) is 27.7 Å². The molecule has 3 aliphatic rings. The number of benzene rings is 1. The highest BCUT2D eigenvalue weighted by atomic mass is 32.2. The maximum Gasteiger partial charge on any atom is 0.243 e. The standard InChI is InChI=1S/C22H33N3O3S/c1-17-5-2-3-8-21(17)23-22(26)16-24-11-13-25(14-12-24)29(27,28)20-10-9-18-6-4-7-19(18)15-20/h9-10,15,17,21H,2-8,11-14,16H2,1H3,(H,23,26)/t17-,21-/m1/s1. The van der Waals surface area contributed by atoms with E-state index in [9.17, 15) is 13.2 Å². The molecule has 2 atom stereocenters. The van der Waals surface area contributed by atoms with E-state index in [4.69, 9.17) is 0 Å². The molecule has 1 aromatic rings. The van der Waals surface area contributed by atoms with Gasteiger partial charge in [0.05, 0.1) is 11.4 Å². The third-order valence-corrected chi connectivity index (χ3v) is 8.76. The summed E-state index contributed by atoms with van der Waals surface area (Å²) in [7, 11) is -3.46. The van der Waals surface area contributed by atoms with Crippen molar-refractivity contribution in [1.29, 1.82) is 0 Å². The fraction of sp³-hybridized carbons (Fsp3) is 0.682. The Kier molecular flexibility index (Phi) is 6.27. The summed E-state index contributed by atoms with van der Waals surface area (Å²) < 4.78 is 27.7. The second kappa shape index (κ2) is 8.74. The van der Waals surface area contributed by atoms with Gasteiger partial charge in [-0.2, -0.15) is 4.31 Å². The Labute approximate surface area is 174 Å². The lowest BCUT2D eigenvalue weighted by Crippen LogP contribution is -2.52. The van der Waals surface area contributed by atoms with Gasteiger partial charge in [0, 0.05) is 32.2 Å². The molecular formula is C22H33N3O3S. The molecule has 1 heterocycles. The fourth-order valence-electron chi connectivity index (χ4n) is 4.97. The van der Waals surface area contributed by atoms with E-state index >= 15 is 0 Å². The predicted octanol–water partition coefficient (Wildman–Crippen LogP) is 2.18. The lowest BCUT2D eigenvalue weighted by Gasteiger charge is -2.34. The van der Waals surface area contributed by atoms with E-state index in [0.717, 1.165) is 25.7 Å². The largest absolute Gasteiger partial charge is 0.352 e. The Morgan fingerprint density at radius 1 is 1.03 bits per heavy atom. The maximum atomic E-state index is 13.0. The van der Waals surface area contributed by atoms with Crippen molar-refractivity contribution >= 4 is 15.9 Å². The highest BCUT2D eigenvalue weighted by molar-refractivity contribution is 7.89. The summed E-state index contributed by atoms with van der Waals surface area (Å²) in [5.41, 5.74) is 2.46. The number of amides is 1. The van der Waals surface area contributed by atoms with Crippen LogP contribution in [-0.4, -0.2) is 62.3 Å². The van der Waals surface area contributed by atoms with Crippen LogP contribution in [0.1, 0.15) is 50.2 Å². The first-order valence-corrected chi connectivity index (χ1v) is 12.5. The summed E-state index contributed by atoms with van der Waals surface area (Å²) >= 11 is 0.